The molecule has 4 nitrogen and oxygen atoms in total. The molecule has 0 unspecified atom stereocenters. The van der Waals surface area contributed by atoms with Gasteiger partial charge in [0.15, 0.2) is 0 Å². The minimum Gasteiger partial charge on any atom is -0.491 e. The molecule has 0 aliphatic heterocycles. The lowest BCUT2D eigenvalue weighted by Crippen LogP contribution is -2.26. The fourth-order valence-corrected chi connectivity index (χ4v) is 2.22. The molecule has 1 aromatic rings. The van der Waals surface area contributed by atoms with Crippen LogP contribution in [0.4, 0.5) is 0 Å². The van der Waals surface area contributed by atoms with Gasteiger partial charge in [-0.25, -0.2) is 0 Å². The van der Waals surface area contributed by atoms with Gasteiger partial charge in [-0.1, -0.05) is 24.6 Å². The second-order valence-electron chi connectivity index (χ2n) is 5.38. The minimum atomic E-state index is 0.0500. The molecule has 0 bridgehead atoms. The van der Waals surface area contributed by atoms with Gasteiger partial charge in [0, 0.05) is 12.6 Å². The fraction of sp³-hybridized carbons (Fsp3) is 0.562. The Morgan fingerprint density at radius 1 is 1.43 bits per heavy atom. The molecule has 1 aromatic carbocycles. The summed E-state index contributed by atoms with van der Waals surface area (Å²) in [5.74, 6) is 0.684. The van der Waals surface area contributed by atoms with Crippen LogP contribution in [0.3, 0.4) is 0 Å². The van der Waals surface area contributed by atoms with Crippen molar-refractivity contribution in [2.75, 3.05) is 13.2 Å². The Labute approximate surface area is 131 Å². The summed E-state index contributed by atoms with van der Waals surface area (Å²) in [5.41, 5.74) is 1.13. The van der Waals surface area contributed by atoms with Gasteiger partial charge >= 0.3 is 0 Å². The average Bonchev–Trinajstić information content (AvgIpc) is 3.25. The van der Waals surface area contributed by atoms with Crippen LogP contribution in [0, 0.1) is 0 Å². The summed E-state index contributed by atoms with van der Waals surface area (Å²) >= 11 is 6.20. The number of hydrogen-bond acceptors (Lipinski definition) is 3. The van der Waals surface area contributed by atoms with E-state index in [1.165, 1.54) is 0 Å². The summed E-state index contributed by atoms with van der Waals surface area (Å²) in [5, 5.41) is 6.85. The SMILES string of the molecule is CCCNCc1ccc(OCCC(=O)NC2CC2)c(Cl)c1. The first kappa shape index (κ1) is 16.1. The Morgan fingerprint density at radius 2 is 2.24 bits per heavy atom. The molecule has 2 N–H and O–H groups in total. The minimum absolute atomic E-state index is 0.0500. The van der Waals surface area contributed by atoms with E-state index in [2.05, 4.69) is 17.6 Å². The molecule has 1 saturated carbocycles. The molecule has 0 heterocycles. The Morgan fingerprint density at radius 3 is 2.90 bits per heavy atom. The van der Waals surface area contributed by atoms with Gasteiger partial charge in [-0.05, 0) is 43.5 Å². The number of amides is 1. The zero-order valence-corrected chi connectivity index (χ0v) is 13.2. The summed E-state index contributed by atoms with van der Waals surface area (Å²) in [4.78, 5) is 11.5. The van der Waals surface area contributed by atoms with Crippen LogP contribution in [0.5, 0.6) is 5.75 Å². The predicted molar refractivity (Wildman–Crippen MR) is 84.7 cm³/mol. The molecule has 0 atom stereocenters. The largest absolute Gasteiger partial charge is 0.491 e. The highest BCUT2D eigenvalue weighted by molar-refractivity contribution is 6.32. The van der Waals surface area contributed by atoms with Crippen LogP contribution in [0.2, 0.25) is 5.02 Å². The Bertz CT molecular complexity index is 475. The molecule has 0 radical (unpaired) electrons. The fourth-order valence-electron chi connectivity index (χ4n) is 1.96. The van der Waals surface area contributed by atoms with Crippen LogP contribution in [-0.4, -0.2) is 25.1 Å². The smallest absolute Gasteiger partial charge is 0.223 e. The van der Waals surface area contributed by atoms with Gasteiger partial charge in [0.1, 0.15) is 5.75 Å². The third kappa shape index (κ3) is 5.94. The lowest BCUT2D eigenvalue weighted by Gasteiger charge is -2.10. The highest BCUT2D eigenvalue weighted by Crippen LogP contribution is 2.25. The average molecular weight is 311 g/mol. The second-order valence-corrected chi connectivity index (χ2v) is 5.79. The third-order valence-electron chi connectivity index (χ3n) is 3.28. The van der Waals surface area contributed by atoms with Gasteiger partial charge < -0.3 is 15.4 Å². The Balaban J connectivity index is 1.73. The van der Waals surface area contributed by atoms with Crippen LogP contribution < -0.4 is 15.4 Å². The lowest BCUT2D eigenvalue weighted by molar-refractivity contribution is -0.121. The molecule has 5 heteroatoms. The Kier molecular flexibility index (Phi) is 6.33. The Hall–Kier alpha value is -1.26. The molecule has 0 aromatic heterocycles. The van der Waals surface area contributed by atoms with Crippen molar-refractivity contribution in [1.29, 1.82) is 0 Å². The first-order chi connectivity index (χ1) is 10.2. The molecular formula is C16H23ClN2O2. The van der Waals surface area contributed by atoms with E-state index >= 15 is 0 Å². The van der Waals surface area contributed by atoms with E-state index in [1.807, 2.05) is 18.2 Å². The van der Waals surface area contributed by atoms with E-state index in [1.54, 1.807) is 0 Å². The van der Waals surface area contributed by atoms with Gasteiger partial charge in [0.25, 0.3) is 0 Å². The first-order valence-electron chi connectivity index (χ1n) is 7.60. The van der Waals surface area contributed by atoms with Crippen molar-refractivity contribution in [1.82, 2.24) is 10.6 Å². The number of ether oxygens (including phenoxy) is 1. The molecule has 116 valence electrons. The van der Waals surface area contributed by atoms with E-state index in [0.717, 1.165) is 37.9 Å². The number of hydrogen-bond donors (Lipinski definition) is 2. The highest BCUT2D eigenvalue weighted by Gasteiger charge is 2.22. The van der Waals surface area contributed by atoms with Crippen molar-refractivity contribution in [3.8, 4) is 5.75 Å². The maximum absolute atomic E-state index is 11.5. The van der Waals surface area contributed by atoms with Crippen molar-refractivity contribution >= 4 is 17.5 Å². The second kappa shape index (κ2) is 8.25. The molecule has 1 fully saturated rings. The molecule has 21 heavy (non-hydrogen) atoms. The van der Waals surface area contributed by atoms with Crippen molar-refractivity contribution in [3.05, 3.63) is 28.8 Å². The van der Waals surface area contributed by atoms with Crippen molar-refractivity contribution in [2.24, 2.45) is 0 Å². The summed E-state index contributed by atoms with van der Waals surface area (Å²) in [7, 11) is 0. The zero-order chi connectivity index (χ0) is 15.1. The van der Waals surface area contributed by atoms with E-state index < -0.39 is 0 Å². The molecule has 0 spiro atoms. The quantitative estimate of drug-likeness (QED) is 0.690. The molecular weight excluding hydrogens is 288 g/mol. The summed E-state index contributed by atoms with van der Waals surface area (Å²) in [6.07, 6.45) is 3.68. The van der Waals surface area contributed by atoms with Crippen molar-refractivity contribution in [2.45, 2.75) is 45.2 Å². The molecule has 1 aliphatic carbocycles. The first-order valence-corrected chi connectivity index (χ1v) is 7.98. The highest BCUT2D eigenvalue weighted by atomic mass is 35.5. The number of rotatable bonds is 9. The summed E-state index contributed by atoms with van der Waals surface area (Å²) in [6.45, 7) is 4.28. The molecule has 1 amide bonds. The third-order valence-corrected chi connectivity index (χ3v) is 3.58. The lowest BCUT2D eigenvalue weighted by atomic mass is 10.2. The number of halogens is 1. The van der Waals surface area contributed by atoms with E-state index in [4.69, 9.17) is 16.3 Å². The molecule has 0 saturated heterocycles. The normalized spacial score (nSPS) is 14.0. The van der Waals surface area contributed by atoms with E-state index in [0.29, 0.717) is 29.8 Å². The van der Waals surface area contributed by atoms with Crippen molar-refractivity contribution in [3.63, 3.8) is 0 Å². The van der Waals surface area contributed by atoms with Crippen molar-refractivity contribution < 1.29 is 9.53 Å². The number of carbonyl (C=O) groups excluding carboxylic acids is 1. The van der Waals surface area contributed by atoms with Crippen LogP contribution >= 0.6 is 11.6 Å². The van der Waals surface area contributed by atoms with Crippen LogP contribution in [0.25, 0.3) is 0 Å². The topological polar surface area (TPSA) is 50.4 Å². The van der Waals surface area contributed by atoms with E-state index in [9.17, 15) is 4.79 Å². The maximum atomic E-state index is 11.5. The van der Waals surface area contributed by atoms with Gasteiger partial charge in [-0.15, -0.1) is 0 Å². The summed E-state index contributed by atoms with van der Waals surface area (Å²) in [6, 6.07) is 6.16. The molecule has 1 aliphatic rings. The number of benzene rings is 1. The maximum Gasteiger partial charge on any atom is 0.223 e. The molecule has 2 rings (SSSR count). The number of nitrogens with one attached hydrogen (secondary N) is 2. The van der Waals surface area contributed by atoms with Gasteiger partial charge in [0.05, 0.1) is 18.1 Å². The zero-order valence-electron chi connectivity index (χ0n) is 12.5. The van der Waals surface area contributed by atoms with Gasteiger partial charge in [-0.3, -0.25) is 4.79 Å². The van der Waals surface area contributed by atoms with Crippen LogP contribution in [0.1, 0.15) is 38.2 Å². The predicted octanol–water partition coefficient (Wildman–Crippen LogP) is 2.89. The van der Waals surface area contributed by atoms with Crippen LogP contribution in [0.15, 0.2) is 18.2 Å². The van der Waals surface area contributed by atoms with Gasteiger partial charge in [-0.2, -0.15) is 0 Å². The van der Waals surface area contributed by atoms with Gasteiger partial charge in [0.2, 0.25) is 5.91 Å². The standard InChI is InChI=1S/C16H23ClN2O2/c1-2-8-18-11-12-3-6-15(14(17)10-12)21-9-7-16(20)19-13-4-5-13/h3,6,10,13,18H,2,4-5,7-9,11H2,1H3,(H,19,20). The monoisotopic (exact) mass is 310 g/mol. The number of carbonyl (C=O) groups is 1. The van der Waals surface area contributed by atoms with E-state index in [-0.39, 0.29) is 5.91 Å². The summed E-state index contributed by atoms with van der Waals surface area (Å²) < 4.78 is 5.58. The van der Waals surface area contributed by atoms with Crippen LogP contribution in [-0.2, 0) is 11.3 Å².